The third-order valence-electron chi connectivity index (χ3n) is 3.54. The summed E-state index contributed by atoms with van der Waals surface area (Å²) >= 11 is 0. The summed E-state index contributed by atoms with van der Waals surface area (Å²) in [5, 5.41) is 2.80. The molecule has 1 aromatic carbocycles. The molecule has 1 atom stereocenters. The molecule has 1 heterocycles. The van der Waals surface area contributed by atoms with Crippen LogP contribution >= 0.6 is 0 Å². The summed E-state index contributed by atoms with van der Waals surface area (Å²) in [6, 6.07) is 5.82. The fraction of sp³-hybridized carbons (Fsp3) is 0.533. The molecule has 1 aromatic rings. The van der Waals surface area contributed by atoms with Crippen LogP contribution in [-0.4, -0.2) is 53.8 Å². The lowest BCUT2D eigenvalue weighted by atomic mass is 10.2. The Morgan fingerprint density at radius 3 is 2.70 bits per heavy atom. The van der Waals surface area contributed by atoms with Crippen molar-refractivity contribution in [3.05, 3.63) is 29.8 Å². The maximum atomic E-state index is 12.0. The number of amides is 1. The maximum absolute atomic E-state index is 12.0. The Bertz CT molecular complexity index is 609. The number of carbonyl (C=O) groups is 1. The van der Waals surface area contributed by atoms with E-state index >= 15 is 0 Å². The minimum absolute atomic E-state index is 0.0728. The first-order chi connectivity index (χ1) is 11.0. The zero-order chi connectivity index (χ0) is 16.7. The third kappa shape index (κ3) is 5.28. The number of hydrogen-bond donors (Lipinski definition) is 2. The molecule has 0 bridgehead atoms. The summed E-state index contributed by atoms with van der Waals surface area (Å²) in [4.78, 5) is 12.1. The van der Waals surface area contributed by atoms with Crippen molar-refractivity contribution in [1.82, 2.24) is 10.0 Å². The Balaban J connectivity index is 1.91. The molecule has 1 fully saturated rings. The number of benzene rings is 1. The second-order valence-corrected chi connectivity index (χ2v) is 7.03. The van der Waals surface area contributed by atoms with Crippen molar-refractivity contribution in [3.63, 3.8) is 0 Å². The summed E-state index contributed by atoms with van der Waals surface area (Å²) in [7, 11) is -2.08. The van der Waals surface area contributed by atoms with Crippen molar-refractivity contribution in [3.8, 4) is 0 Å². The van der Waals surface area contributed by atoms with Crippen LogP contribution in [0, 0.1) is 0 Å². The number of ether oxygens (including phenoxy) is 2. The minimum Gasteiger partial charge on any atom is -0.383 e. The van der Waals surface area contributed by atoms with Gasteiger partial charge in [0.25, 0.3) is 5.91 Å². The Kier molecular flexibility index (Phi) is 6.52. The predicted molar refractivity (Wildman–Crippen MR) is 84.8 cm³/mol. The molecule has 2 rings (SSSR count). The van der Waals surface area contributed by atoms with Gasteiger partial charge in [-0.3, -0.25) is 4.79 Å². The van der Waals surface area contributed by atoms with E-state index in [1.165, 1.54) is 31.4 Å². The van der Waals surface area contributed by atoms with Crippen LogP contribution in [-0.2, 0) is 19.5 Å². The van der Waals surface area contributed by atoms with Gasteiger partial charge in [0.05, 0.1) is 17.6 Å². The van der Waals surface area contributed by atoms with Gasteiger partial charge in [-0.25, -0.2) is 13.1 Å². The Hall–Kier alpha value is -1.48. The van der Waals surface area contributed by atoms with Crippen LogP contribution in [0.4, 0.5) is 0 Å². The number of carbonyl (C=O) groups excluding carboxylic acids is 1. The highest BCUT2D eigenvalue weighted by molar-refractivity contribution is 7.89. The van der Waals surface area contributed by atoms with Crippen LogP contribution < -0.4 is 10.0 Å². The fourth-order valence-electron chi connectivity index (χ4n) is 2.26. The third-order valence-corrected chi connectivity index (χ3v) is 5.02. The lowest BCUT2D eigenvalue weighted by Gasteiger charge is -2.11. The predicted octanol–water partition coefficient (Wildman–Crippen LogP) is 0.520. The molecule has 1 aliphatic rings. The van der Waals surface area contributed by atoms with Gasteiger partial charge in [-0.2, -0.15) is 0 Å². The van der Waals surface area contributed by atoms with Crippen LogP contribution in [0.25, 0.3) is 0 Å². The average Bonchev–Trinajstić information content (AvgIpc) is 3.06. The van der Waals surface area contributed by atoms with Crippen molar-refractivity contribution >= 4 is 15.9 Å². The lowest BCUT2D eigenvalue weighted by Crippen LogP contribution is -2.31. The van der Waals surface area contributed by atoms with E-state index in [1.54, 1.807) is 0 Å². The molecule has 23 heavy (non-hydrogen) atoms. The highest BCUT2D eigenvalue weighted by Crippen LogP contribution is 2.12. The van der Waals surface area contributed by atoms with Gasteiger partial charge in [0.1, 0.15) is 0 Å². The molecule has 7 nitrogen and oxygen atoms in total. The molecule has 0 aliphatic carbocycles. The summed E-state index contributed by atoms with van der Waals surface area (Å²) in [5.74, 6) is -0.239. The lowest BCUT2D eigenvalue weighted by molar-refractivity contribution is 0.0857. The van der Waals surface area contributed by atoms with E-state index in [2.05, 4.69) is 10.0 Å². The molecule has 0 saturated carbocycles. The molecule has 8 heteroatoms. The van der Waals surface area contributed by atoms with Gasteiger partial charge in [-0.15, -0.1) is 0 Å². The van der Waals surface area contributed by atoms with E-state index in [0.717, 1.165) is 19.4 Å². The van der Waals surface area contributed by atoms with Crippen molar-refractivity contribution in [2.24, 2.45) is 0 Å². The van der Waals surface area contributed by atoms with Crippen LogP contribution in [0.2, 0.25) is 0 Å². The van der Waals surface area contributed by atoms with Gasteiger partial charge in [0.15, 0.2) is 0 Å². The van der Waals surface area contributed by atoms with Gasteiger partial charge >= 0.3 is 0 Å². The van der Waals surface area contributed by atoms with E-state index < -0.39 is 10.0 Å². The first-order valence-corrected chi connectivity index (χ1v) is 9.00. The van der Waals surface area contributed by atoms with Gasteiger partial charge < -0.3 is 14.8 Å². The molecule has 1 amide bonds. The first-order valence-electron chi connectivity index (χ1n) is 7.51. The van der Waals surface area contributed by atoms with E-state index in [0.29, 0.717) is 18.7 Å². The topological polar surface area (TPSA) is 93.7 Å². The molecule has 0 spiro atoms. The smallest absolute Gasteiger partial charge is 0.251 e. The number of rotatable bonds is 8. The molecule has 0 radical (unpaired) electrons. The highest BCUT2D eigenvalue weighted by atomic mass is 32.2. The molecule has 0 aromatic heterocycles. The second-order valence-electron chi connectivity index (χ2n) is 5.26. The number of hydrogen-bond acceptors (Lipinski definition) is 5. The summed E-state index contributed by atoms with van der Waals surface area (Å²) in [5.41, 5.74) is 0.416. The minimum atomic E-state index is -3.58. The van der Waals surface area contributed by atoms with E-state index in [9.17, 15) is 13.2 Å². The molecule has 128 valence electrons. The molecule has 0 unspecified atom stereocenters. The molecule has 1 saturated heterocycles. The Labute approximate surface area is 136 Å². The van der Waals surface area contributed by atoms with Crippen molar-refractivity contribution in [2.75, 3.05) is 33.4 Å². The van der Waals surface area contributed by atoms with Gasteiger partial charge in [-0.05, 0) is 37.1 Å². The van der Waals surface area contributed by atoms with Crippen LogP contribution in [0.3, 0.4) is 0 Å². The van der Waals surface area contributed by atoms with Crippen molar-refractivity contribution in [2.45, 2.75) is 23.8 Å². The monoisotopic (exact) mass is 342 g/mol. The van der Waals surface area contributed by atoms with Crippen LogP contribution in [0.1, 0.15) is 23.2 Å². The fourth-order valence-corrected chi connectivity index (χ4v) is 3.27. The average molecular weight is 342 g/mol. The van der Waals surface area contributed by atoms with Crippen LogP contribution in [0.15, 0.2) is 29.2 Å². The standard InChI is InChI=1S/C15H22N2O5S/c1-21-10-8-17-23(19,20)14-6-4-12(5-7-14)15(18)16-11-13-3-2-9-22-13/h4-7,13,17H,2-3,8-11H2,1H3,(H,16,18)/t13-/m1/s1. The second kappa shape index (κ2) is 8.39. The van der Waals surface area contributed by atoms with E-state index in [1.807, 2.05) is 0 Å². The zero-order valence-corrected chi connectivity index (χ0v) is 13.9. The van der Waals surface area contributed by atoms with Gasteiger partial charge in [-0.1, -0.05) is 0 Å². The largest absolute Gasteiger partial charge is 0.383 e. The first kappa shape index (κ1) is 17.9. The quantitative estimate of drug-likeness (QED) is 0.672. The summed E-state index contributed by atoms with van der Waals surface area (Å²) in [6.45, 7) is 1.70. The SMILES string of the molecule is COCCNS(=O)(=O)c1ccc(C(=O)NC[C@H]2CCCO2)cc1. The van der Waals surface area contributed by atoms with Crippen molar-refractivity contribution < 1.29 is 22.7 Å². The molecular weight excluding hydrogens is 320 g/mol. The zero-order valence-electron chi connectivity index (χ0n) is 13.1. The van der Waals surface area contributed by atoms with Gasteiger partial charge in [0, 0.05) is 32.4 Å². The number of nitrogens with one attached hydrogen (secondary N) is 2. The van der Waals surface area contributed by atoms with E-state index in [4.69, 9.17) is 9.47 Å². The number of methoxy groups -OCH3 is 1. The molecule has 1 aliphatic heterocycles. The maximum Gasteiger partial charge on any atom is 0.251 e. The van der Waals surface area contributed by atoms with Crippen molar-refractivity contribution in [1.29, 1.82) is 0 Å². The normalized spacial score (nSPS) is 18.0. The summed E-state index contributed by atoms with van der Waals surface area (Å²) in [6.07, 6.45) is 2.04. The highest BCUT2D eigenvalue weighted by Gasteiger charge is 2.17. The van der Waals surface area contributed by atoms with Gasteiger partial charge in [0.2, 0.25) is 10.0 Å². The molecule has 2 N–H and O–H groups in total. The van der Waals surface area contributed by atoms with Crippen LogP contribution in [0.5, 0.6) is 0 Å². The summed E-state index contributed by atoms with van der Waals surface area (Å²) < 4.78 is 36.7. The Morgan fingerprint density at radius 2 is 2.09 bits per heavy atom. The van der Waals surface area contributed by atoms with E-state index in [-0.39, 0.29) is 23.5 Å². The Morgan fingerprint density at radius 1 is 1.35 bits per heavy atom. The number of sulfonamides is 1. The molecular formula is C15H22N2O5S.